The number of nitrogens with one attached hydrogen (secondary N) is 1. The lowest BCUT2D eigenvalue weighted by Crippen LogP contribution is -2.41. The molecule has 1 rings (SSSR count). The average Bonchev–Trinajstić information content (AvgIpc) is 2.30. The average molecular weight is 276 g/mol. The molecule has 1 aromatic heterocycles. The van der Waals surface area contributed by atoms with E-state index < -0.39 is 17.3 Å². The van der Waals surface area contributed by atoms with Gasteiger partial charge in [0.15, 0.2) is 0 Å². The lowest BCUT2D eigenvalue weighted by Gasteiger charge is -2.24. The molecule has 0 spiro atoms. The molecule has 0 fully saturated rings. The Morgan fingerprint density at radius 1 is 1.26 bits per heavy atom. The third kappa shape index (κ3) is 4.70. The largest absolute Gasteiger partial charge is 0.417 e. The summed E-state index contributed by atoms with van der Waals surface area (Å²) in [6.07, 6.45) is -2.67. The predicted molar refractivity (Wildman–Crippen MR) is 68.1 cm³/mol. The number of hydrogen-bond donors (Lipinski definition) is 1. The van der Waals surface area contributed by atoms with E-state index in [0.29, 0.717) is 6.54 Å². The van der Waals surface area contributed by atoms with Crippen LogP contribution < -0.4 is 10.9 Å². The molecule has 0 saturated carbocycles. The predicted octanol–water partition coefficient (Wildman–Crippen LogP) is 2.65. The molecule has 0 aromatic carbocycles. The maximum atomic E-state index is 12.5. The lowest BCUT2D eigenvalue weighted by atomic mass is 10.0. The summed E-state index contributed by atoms with van der Waals surface area (Å²) >= 11 is 0. The highest BCUT2D eigenvalue weighted by atomic mass is 19.4. The zero-order valence-corrected chi connectivity index (χ0v) is 11.3. The van der Waals surface area contributed by atoms with Crippen molar-refractivity contribution in [2.24, 2.45) is 0 Å². The first-order chi connectivity index (χ1) is 8.65. The third-order valence-corrected chi connectivity index (χ3v) is 3.15. The van der Waals surface area contributed by atoms with E-state index in [4.69, 9.17) is 0 Å². The van der Waals surface area contributed by atoms with Crippen LogP contribution in [0.2, 0.25) is 0 Å². The van der Waals surface area contributed by atoms with Gasteiger partial charge in [0, 0.05) is 30.9 Å². The molecule has 1 heterocycles. The van der Waals surface area contributed by atoms with E-state index in [-0.39, 0.29) is 12.1 Å². The Kier molecular flexibility index (Phi) is 4.79. The Labute approximate surface area is 110 Å². The molecule has 0 bridgehead atoms. The first-order valence-electron chi connectivity index (χ1n) is 6.18. The SMILES string of the molecule is CCC(C)(C)NCCn1cc(C(F)(F)F)ccc1=O. The van der Waals surface area contributed by atoms with Crippen LogP contribution in [0.15, 0.2) is 23.1 Å². The van der Waals surface area contributed by atoms with Crippen molar-refractivity contribution in [3.05, 3.63) is 34.2 Å². The van der Waals surface area contributed by atoms with Crippen molar-refractivity contribution in [2.75, 3.05) is 6.54 Å². The van der Waals surface area contributed by atoms with Gasteiger partial charge in [-0.15, -0.1) is 0 Å². The Morgan fingerprint density at radius 3 is 2.42 bits per heavy atom. The fraction of sp³-hybridized carbons (Fsp3) is 0.615. The molecule has 1 aromatic rings. The van der Waals surface area contributed by atoms with Gasteiger partial charge in [-0.1, -0.05) is 6.92 Å². The minimum Gasteiger partial charge on any atom is -0.314 e. The zero-order chi connectivity index (χ0) is 14.7. The van der Waals surface area contributed by atoms with Crippen molar-refractivity contribution in [1.29, 1.82) is 0 Å². The fourth-order valence-corrected chi connectivity index (χ4v) is 1.51. The summed E-state index contributed by atoms with van der Waals surface area (Å²) in [5.74, 6) is 0. The molecular formula is C13H19F3N2O. The molecule has 0 aliphatic heterocycles. The molecule has 0 atom stereocenters. The van der Waals surface area contributed by atoms with Crippen molar-refractivity contribution in [1.82, 2.24) is 9.88 Å². The molecular weight excluding hydrogens is 257 g/mol. The maximum Gasteiger partial charge on any atom is 0.417 e. The summed E-state index contributed by atoms with van der Waals surface area (Å²) in [6.45, 7) is 6.68. The first-order valence-corrected chi connectivity index (χ1v) is 6.18. The van der Waals surface area contributed by atoms with E-state index in [1.165, 1.54) is 0 Å². The zero-order valence-electron chi connectivity index (χ0n) is 11.3. The lowest BCUT2D eigenvalue weighted by molar-refractivity contribution is -0.138. The molecule has 0 aliphatic rings. The molecule has 6 heteroatoms. The summed E-state index contributed by atoms with van der Waals surface area (Å²) in [6, 6.07) is 1.76. The molecule has 0 aliphatic carbocycles. The Balaban J connectivity index is 2.76. The highest BCUT2D eigenvalue weighted by molar-refractivity contribution is 5.13. The standard InChI is InChI=1S/C13H19F3N2O/c1-4-12(2,3)17-7-8-18-9-10(13(14,15)16)5-6-11(18)19/h5-6,9,17H,4,7-8H2,1-3H3. The molecule has 3 nitrogen and oxygen atoms in total. The van der Waals surface area contributed by atoms with Crippen molar-refractivity contribution in [3.63, 3.8) is 0 Å². The van der Waals surface area contributed by atoms with E-state index in [1.807, 2.05) is 20.8 Å². The summed E-state index contributed by atoms with van der Waals surface area (Å²) < 4.78 is 38.7. The number of pyridine rings is 1. The van der Waals surface area contributed by atoms with Crippen molar-refractivity contribution >= 4 is 0 Å². The van der Waals surface area contributed by atoms with E-state index in [0.717, 1.165) is 29.3 Å². The fourth-order valence-electron chi connectivity index (χ4n) is 1.51. The first kappa shape index (κ1) is 15.8. The topological polar surface area (TPSA) is 34.0 Å². The van der Waals surface area contributed by atoms with Gasteiger partial charge < -0.3 is 9.88 Å². The Bertz CT molecular complexity index is 478. The Hall–Kier alpha value is -1.30. The smallest absolute Gasteiger partial charge is 0.314 e. The van der Waals surface area contributed by atoms with Crippen LogP contribution in [-0.2, 0) is 12.7 Å². The van der Waals surface area contributed by atoms with Gasteiger partial charge >= 0.3 is 6.18 Å². The van der Waals surface area contributed by atoms with Crippen molar-refractivity contribution in [3.8, 4) is 0 Å². The maximum absolute atomic E-state index is 12.5. The third-order valence-electron chi connectivity index (χ3n) is 3.15. The summed E-state index contributed by atoms with van der Waals surface area (Å²) in [7, 11) is 0. The number of halogens is 3. The van der Waals surface area contributed by atoms with Gasteiger partial charge in [0.25, 0.3) is 5.56 Å². The van der Waals surface area contributed by atoms with Gasteiger partial charge in [-0.25, -0.2) is 0 Å². The van der Waals surface area contributed by atoms with Gasteiger partial charge in [-0.3, -0.25) is 4.79 Å². The van der Waals surface area contributed by atoms with E-state index in [2.05, 4.69) is 5.32 Å². The highest BCUT2D eigenvalue weighted by Crippen LogP contribution is 2.27. The van der Waals surface area contributed by atoms with Crippen molar-refractivity contribution < 1.29 is 13.2 Å². The second-order valence-corrected chi connectivity index (χ2v) is 5.11. The second-order valence-electron chi connectivity index (χ2n) is 5.11. The summed E-state index contributed by atoms with van der Waals surface area (Å²) in [4.78, 5) is 11.5. The molecule has 0 radical (unpaired) electrons. The number of nitrogens with zero attached hydrogens (tertiary/aromatic N) is 1. The van der Waals surface area contributed by atoms with E-state index >= 15 is 0 Å². The van der Waals surface area contributed by atoms with Crippen LogP contribution in [0.5, 0.6) is 0 Å². The second kappa shape index (κ2) is 5.77. The summed E-state index contributed by atoms with van der Waals surface area (Å²) in [5.41, 5.74) is -1.32. The summed E-state index contributed by atoms with van der Waals surface area (Å²) in [5, 5.41) is 3.20. The molecule has 19 heavy (non-hydrogen) atoms. The monoisotopic (exact) mass is 276 g/mol. The molecule has 0 unspecified atom stereocenters. The van der Waals surface area contributed by atoms with E-state index in [9.17, 15) is 18.0 Å². The normalized spacial score (nSPS) is 12.7. The van der Waals surface area contributed by atoms with Crippen LogP contribution in [0.3, 0.4) is 0 Å². The number of aromatic nitrogens is 1. The molecule has 1 N–H and O–H groups in total. The molecule has 0 saturated heterocycles. The van der Waals surface area contributed by atoms with Crippen LogP contribution in [0.25, 0.3) is 0 Å². The van der Waals surface area contributed by atoms with Crippen LogP contribution >= 0.6 is 0 Å². The molecule has 0 amide bonds. The minimum absolute atomic E-state index is 0.0920. The minimum atomic E-state index is -4.43. The quantitative estimate of drug-likeness (QED) is 0.897. The number of rotatable bonds is 5. The van der Waals surface area contributed by atoms with Gasteiger partial charge in [-0.2, -0.15) is 13.2 Å². The van der Waals surface area contributed by atoms with Gasteiger partial charge in [0.1, 0.15) is 0 Å². The molecule has 108 valence electrons. The van der Waals surface area contributed by atoms with Crippen LogP contribution in [0.1, 0.15) is 32.8 Å². The highest BCUT2D eigenvalue weighted by Gasteiger charge is 2.31. The van der Waals surface area contributed by atoms with Gasteiger partial charge in [-0.05, 0) is 26.3 Å². The number of hydrogen-bond acceptors (Lipinski definition) is 2. The van der Waals surface area contributed by atoms with Crippen molar-refractivity contribution in [2.45, 2.75) is 45.5 Å². The van der Waals surface area contributed by atoms with Crippen LogP contribution in [0, 0.1) is 0 Å². The van der Waals surface area contributed by atoms with Gasteiger partial charge in [0.2, 0.25) is 0 Å². The Morgan fingerprint density at radius 2 is 1.89 bits per heavy atom. The van der Waals surface area contributed by atoms with Crippen LogP contribution in [-0.4, -0.2) is 16.7 Å². The van der Waals surface area contributed by atoms with Gasteiger partial charge in [0.05, 0.1) is 5.56 Å². The van der Waals surface area contributed by atoms with E-state index in [1.54, 1.807) is 0 Å². The van der Waals surface area contributed by atoms with Crippen LogP contribution in [0.4, 0.5) is 13.2 Å². The number of alkyl halides is 3.